The number of hydrogen-bond acceptors (Lipinski definition) is 6. The number of rotatable bonds is 4. The van der Waals surface area contributed by atoms with Crippen LogP contribution in [0.25, 0.3) is 5.69 Å². The first-order valence-electron chi connectivity index (χ1n) is 7.75. The number of piperazine rings is 1. The molecule has 0 radical (unpaired) electrons. The van der Waals surface area contributed by atoms with Crippen molar-refractivity contribution in [3.05, 3.63) is 30.0 Å². The molecule has 7 heteroatoms. The highest BCUT2D eigenvalue weighted by molar-refractivity contribution is 5.50. The van der Waals surface area contributed by atoms with Gasteiger partial charge in [-0.15, -0.1) is 15.0 Å². The van der Waals surface area contributed by atoms with Gasteiger partial charge in [0.15, 0.2) is 5.82 Å². The highest BCUT2D eigenvalue weighted by Crippen LogP contribution is 2.20. The zero-order chi connectivity index (χ0) is 16.2. The molecule has 0 saturated carbocycles. The number of hydrogen-bond donors (Lipinski definition) is 0. The van der Waals surface area contributed by atoms with Gasteiger partial charge in [-0.05, 0) is 38.2 Å². The van der Waals surface area contributed by atoms with E-state index in [4.69, 9.17) is 4.74 Å². The first-order chi connectivity index (χ1) is 11.2. The molecule has 120 valence electrons. The van der Waals surface area contributed by atoms with Crippen LogP contribution in [0.4, 0.5) is 5.82 Å². The maximum atomic E-state index is 9.35. The van der Waals surface area contributed by atoms with Crippen LogP contribution in [0.2, 0.25) is 0 Å². The third kappa shape index (κ3) is 3.27. The van der Waals surface area contributed by atoms with E-state index in [1.54, 1.807) is 0 Å². The molecule has 0 unspecified atom stereocenters. The van der Waals surface area contributed by atoms with Gasteiger partial charge in [-0.25, -0.2) is 0 Å². The Hall–Kier alpha value is -2.59. The van der Waals surface area contributed by atoms with E-state index >= 15 is 0 Å². The van der Waals surface area contributed by atoms with Crippen LogP contribution < -0.4 is 9.64 Å². The molecule has 3 rings (SSSR count). The largest absolute Gasteiger partial charge is 0.494 e. The van der Waals surface area contributed by atoms with Gasteiger partial charge in [0, 0.05) is 26.2 Å². The van der Waals surface area contributed by atoms with E-state index < -0.39 is 0 Å². The Labute approximate surface area is 135 Å². The summed E-state index contributed by atoms with van der Waals surface area (Å²) in [4.78, 5) is 5.90. The molecule has 0 bridgehead atoms. The van der Waals surface area contributed by atoms with Crippen molar-refractivity contribution in [2.75, 3.05) is 44.7 Å². The molecule has 1 fully saturated rings. The van der Waals surface area contributed by atoms with Crippen molar-refractivity contribution in [2.45, 2.75) is 6.92 Å². The standard InChI is InChI=1S/C16H20N6O/c1-3-23-14-6-4-13(5-7-14)22-18-15(12-17)16(19-22)21-10-8-20(2)9-11-21/h4-7H,3,8-11H2,1-2H3. The minimum atomic E-state index is 0.364. The van der Waals surface area contributed by atoms with Gasteiger partial charge in [-0.2, -0.15) is 5.26 Å². The van der Waals surface area contributed by atoms with Crippen LogP contribution in [0.5, 0.6) is 5.75 Å². The molecule has 1 aromatic heterocycles. The third-order valence-electron chi connectivity index (χ3n) is 3.88. The van der Waals surface area contributed by atoms with Crippen LogP contribution in [0, 0.1) is 11.3 Å². The van der Waals surface area contributed by atoms with Gasteiger partial charge in [0.2, 0.25) is 5.69 Å². The summed E-state index contributed by atoms with van der Waals surface area (Å²) in [5.74, 6) is 1.47. The van der Waals surface area contributed by atoms with Gasteiger partial charge in [0.1, 0.15) is 11.8 Å². The van der Waals surface area contributed by atoms with E-state index in [1.807, 2.05) is 31.2 Å². The fraction of sp³-hybridized carbons (Fsp3) is 0.438. The summed E-state index contributed by atoms with van der Waals surface area (Å²) >= 11 is 0. The maximum Gasteiger partial charge on any atom is 0.207 e. The number of aromatic nitrogens is 3. The molecule has 1 aliphatic rings. The molecular formula is C16H20N6O. The molecule has 1 aliphatic heterocycles. The monoisotopic (exact) mass is 312 g/mol. The van der Waals surface area contributed by atoms with Crippen LogP contribution in [0.15, 0.2) is 24.3 Å². The van der Waals surface area contributed by atoms with Gasteiger partial charge in [0.05, 0.1) is 12.3 Å². The lowest BCUT2D eigenvalue weighted by atomic mass is 10.3. The Kier molecular flexibility index (Phi) is 4.44. The maximum absolute atomic E-state index is 9.35. The Balaban J connectivity index is 1.85. The lowest BCUT2D eigenvalue weighted by Crippen LogP contribution is -2.45. The molecule has 0 aliphatic carbocycles. The Morgan fingerprint density at radius 3 is 2.43 bits per heavy atom. The first kappa shape index (κ1) is 15.3. The second-order valence-corrected chi connectivity index (χ2v) is 5.49. The van der Waals surface area contributed by atoms with Crippen LogP contribution in [0.3, 0.4) is 0 Å². The zero-order valence-electron chi connectivity index (χ0n) is 13.4. The second kappa shape index (κ2) is 6.67. The smallest absolute Gasteiger partial charge is 0.207 e. The lowest BCUT2D eigenvalue weighted by Gasteiger charge is -2.32. The van der Waals surface area contributed by atoms with E-state index in [-0.39, 0.29) is 0 Å². The van der Waals surface area contributed by atoms with E-state index in [0.717, 1.165) is 37.6 Å². The molecule has 2 aromatic rings. The molecule has 0 atom stereocenters. The van der Waals surface area contributed by atoms with Crippen molar-refractivity contribution in [3.8, 4) is 17.5 Å². The Morgan fingerprint density at radius 2 is 1.83 bits per heavy atom. The number of anilines is 1. The average molecular weight is 312 g/mol. The third-order valence-corrected chi connectivity index (χ3v) is 3.88. The van der Waals surface area contributed by atoms with Gasteiger partial charge >= 0.3 is 0 Å². The molecule has 0 N–H and O–H groups in total. The van der Waals surface area contributed by atoms with E-state index in [9.17, 15) is 5.26 Å². The van der Waals surface area contributed by atoms with E-state index in [2.05, 4.69) is 33.1 Å². The number of benzene rings is 1. The molecule has 1 aromatic carbocycles. The van der Waals surface area contributed by atoms with Crippen molar-refractivity contribution < 1.29 is 4.74 Å². The zero-order valence-corrected chi connectivity index (χ0v) is 13.4. The summed E-state index contributed by atoms with van der Waals surface area (Å²) in [5.41, 5.74) is 1.17. The normalized spacial score (nSPS) is 15.4. The number of ether oxygens (including phenoxy) is 1. The van der Waals surface area contributed by atoms with Crippen molar-refractivity contribution in [1.29, 1.82) is 5.26 Å². The van der Waals surface area contributed by atoms with Crippen LogP contribution in [0.1, 0.15) is 12.6 Å². The van der Waals surface area contributed by atoms with E-state index in [1.165, 1.54) is 4.80 Å². The highest BCUT2D eigenvalue weighted by atomic mass is 16.5. The second-order valence-electron chi connectivity index (χ2n) is 5.49. The Morgan fingerprint density at radius 1 is 1.13 bits per heavy atom. The summed E-state index contributed by atoms with van der Waals surface area (Å²) in [7, 11) is 2.10. The van der Waals surface area contributed by atoms with Gasteiger partial charge in [0.25, 0.3) is 0 Å². The molecule has 0 spiro atoms. The molecule has 23 heavy (non-hydrogen) atoms. The van der Waals surface area contributed by atoms with Crippen molar-refractivity contribution in [3.63, 3.8) is 0 Å². The van der Waals surface area contributed by atoms with Crippen molar-refractivity contribution in [2.24, 2.45) is 0 Å². The predicted octanol–water partition coefficient (Wildman–Crippen LogP) is 1.29. The quantitative estimate of drug-likeness (QED) is 0.847. The minimum absolute atomic E-state index is 0.364. The fourth-order valence-corrected chi connectivity index (χ4v) is 2.56. The highest BCUT2D eigenvalue weighted by Gasteiger charge is 2.22. The van der Waals surface area contributed by atoms with Crippen molar-refractivity contribution >= 4 is 5.82 Å². The number of likely N-dealkylation sites (N-methyl/N-ethyl adjacent to an activating group) is 1. The first-order valence-corrected chi connectivity index (χ1v) is 7.75. The summed E-state index contributed by atoms with van der Waals surface area (Å²) in [6.07, 6.45) is 0. The van der Waals surface area contributed by atoms with Crippen LogP contribution in [-0.2, 0) is 0 Å². The number of nitriles is 1. The minimum Gasteiger partial charge on any atom is -0.494 e. The van der Waals surface area contributed by atoms with Gasteiger partial charge < -0.3 is 14.5 Å². The lowest BCUT2D eigenvalue weighted by molar-refractivity contribution is 0.312. The van der Waals surface area contributed by atoms with Crippen LogP contribution in [-0.4, -0.2) is 59.7 Å². The van der Waals surface area contributed by atoms with Gasteiger partial charge in [-0.1, -0.05) is 0 Å². The summed E-state index contributed by atoms with van der Waals surface area (Å²) in [6.45, 7) is 6.21. The molecular weight excluding hydrogens is 292 g/mol. The fourth-order valence-electron chi connectivity index (χ4n) is 2.56. The van der Waals surface area contributed by atoms with Crippen molar-refractivity contribution in [1.82, 2.24) is 19.9 Å². The summed E-state index contributed by atoms with van der Waals surface area (Å²) < 4.78 is 5.44. The Bertz CT molecular complexity index is 694. The molecule has 0 amide bonds. The average Bonchev–Trinajstić information content (AvgIpc) is 3.01. The summed E-state index contributed by atoms with van der Waals surface area (Å²) in [6, 6.07) is 9.69. The summed E-state index contributed by atoms with van der Waals surface area (Å²) in [5, 5.41) is 18.2. The van der Waals surface area contributed by atoms with E-state index in [0.29, 0.717) is 18.1 Å². The number of nitrogens with zero attached hydrogens (tertiary/aromatic N) is 6. The predicted molar refractivity (Wildman–Crippen MR) is 87.0 cm³/mol. The molecule has 7 nitrogen and oxygen atoms in total. The SMILES string of the molecule is CCOc1ccc(-n2nc(C#N)c(N3CCN(C)CC3)n2)cc1. The molecule has 1 saturated heterocycles. The molecule has 2 heterocycles. The topological polar surface area (TPSA) is 70.2 Å². The van der Waals surface area contributed by atoms with Crippen LogP contribution >= 0.6 is 0 Å². The van der Waals surface area contributed by atoms with Gasteiger partial charge in [-0.3, -0.25) is 0 Å².